The van der Waals surface area contributed by atoms with Crippen LogP contribution in [0.15, 0.2) is 53.5 Å². The molecule has 33 heavy (non-hydrogen) atoms. The van der Waals surface area contributed by atoms with Crippen LogP contribution in [0.3, 0.4) is 0 Å². The first-order valence-corrected chi connectivity index (χ1v) is 11.5. The molecule has 7 heteroatoms. The predicted molar refractivity (Wildman–Crippen MR) is 127 cm³/mol. The third-order valence-corrected chi connectivity index (χ3v) is 6.46. The van der Waals surface area contributed by atoms with Gasteiger partial charge in [-0.05, 0) is 49.8 Å². The normalized spacial score (nSPS) is 17.1. The smallest absolute Gasteiger partial charge is 0.275 e. The Balaban J connectivity index is 1.41. The van der Waals surface area contributed by atoms with Crippen LogP contribution in [-0.4, -0.2) is 55.4 Å². The highest BCUT2D eigenvalue weighted by Gasteiger charge is 2.48. The second-order valence-electron chi connectivity index (χ2n) is 8.55. The lowest BCUT2D eigenvalue weighted by molar-refractivity contribution is -0.135. The Morgan fingerprint density at radius 1 is 1.03 bits per heavy atom. The van der Waals surface area contributed by atoms with Crippen LogP contribution in [0.1, 0.15) is 43.2 Å². The molecule has 1 heterocycles. The van der Waals surface area contributed by atoms with E-state index in [1.165, 1.54) is 0 Å². The van der Waals surface area contributed by atoms with Gasteiger partial charge in [-0.3, -0.25) is 14.6 Å². The van der Waals surface area contributed by atoms with Gasteiger partial charge in [-0.25, -0.2) is 0 Å². The van der Waals surface area contributed by atoms with Gasteiger partial charge in [-0.2, -0.15) is 0 Å². The number of methoxy groups -OCH3 is 2. The SMILES string of the molecule is COc1ccc(CCNC(=O)CN2C(=O)C(c3ccccc3)=NC23CCCCC3)cc1OC. The van der Waals surface area contributed by atoms with Crippen molar-refractivity contribution in [1.29, 1.82) is 0 Å². The number of amides is 2. The topological polar surface area (TPSA) is 80.2 Å². The Morgan fingerprint density at radius 3 is 2.45 bits per heavy atom. The Bertz CT molecular complexity index is 1030. The van der Waals surface area contributed by atoms with E-state index < -0.39 is 5.66 Å². The molecule has 1 aliphatic carbocycles. The zero-order chi connectivity index (χ0) is 23.3. The molecule has 2 aromatic carbocycles. The molecule has 4 rings (SSSR count). The van der Waals surface area contributed by atoms with Gasteiger partial charge in [0.2, 0.25) is 5.91 Å². The van der Waals surface area contributed by atoms with Gasteiger partial charge in [-0.15, -0.1) is 0 Å². The maximum Gasteiger partial charge on any atom is 0.275 e. The van der Waals surface area contributed by atoms with E-state index in [0.717, 1.165) is 43.2 Å². The highest BCUT2D eigenvalue weighted by Crippen LogP contribution is 2.39. The number of benzene rings is 2. The van der Waals surface area contributed by atoms with Crippen molar-refractivity contribution in [2.24, 2.45) is 4.99 Å². The predicted octanol–water partition coefficient (Wildman–Crippen LogP) is 3.35. The molecule has 1 saturated carbocycles. The Labute approximate surface area is 194 Å². The fourth-order valence-electron chi connectivity index (χ4n) is 4.72. The maximum atomic E-state index is 13.3. The molecule has 0 saturated heterocycles. The number of carbonyl (C=O) groups excluding carboxylic acids is 2. The molecule has 0 atom stereocenters. The van der Waals surface area contributed by atoms with Crippen LogP contribution in [0.25, 0.3) is 0 Å². The lowest BCUT2D eigenvalue weighted by Crippen LogP contribution is -2.52. The molecule has 0 aromatic heterocycles. The van der Waals surface area contributed by atoms with Crippen molar-refractivity contribution in [3.05, 3.63) is 59.7 Å². The molecule has 1 spiro atoms. The molecular weight excluding hydrogens is 418 g/mol. The van der Waals surface area contributed by atoms with Crippen molar-refractivity contribution in [1.82, 2.24) is 10.2 Å². The summed E-state index contributed by atoms with van der Waals surface area (Å²) in [7, 11) is 3.20. The average molecular weight is 450 g/mol. The van der Waals surface area contributed by atoms with Crippen molar-refractivity contribution in [2.75, 3.05) is 27.3 Å². The monoisotopic (exact) mass is 449 g/mol. The van der Waals surface area contributed by atoms with Gasteiger partial charge >= 0.3 is 0 Å². The number of nitrogens with zero attached hydrogens (tertiary/aromatic N) is 2. The molecule has 0 radical (unpaired) electrons. The Kier molecular flexibility index (Phi) is 6.96. The fourth-order valence-corrected chi connectivity index (χ4v) is 4.72. The van der Waals surface area contributed by atoms with Crippen LogP contribution < -0.4 is 14.8 Å². The molecule has 0 unspecified atom stereocenters. The lowest BCUT2D eigenvalue weighted by atomic mass is 9.88. The molecule has 174 valence electrons. The largest absolute Gasteiger partial charge is 0.493 e. The fraction of sp³-hybridized carbons (Fsp3) is 0.423. The number of hydrogen-bond acceptors (Lipinski definition) is 5. The minimum Gasteiger partial charge on any atom is -0.493 e. The number of ether oxygens (including phenoxy) is 2. The van der Waals surface area contributed by atoms with Gasteiger partial charge in [-0.1, -0.05) is 42.8 Å². The van der Waals surface area contributed by atoms with Crippen molar-refractivity contribution in [3.63, 3.8) is 0 Å². The minimum absolute atomic E-state index is 0.0185. The Hall–Kier alpha value is -3.35. The summed E-state index contributed by atoms with van der Waals surface area (Å²) in [5.74, 6) is 1.01. The van der Waals surface area contributed by atoms with Gasteiger partial charge in [0, 0.05) is 12.1 Å². The van der Waals surface area contributed by atoms with E-state index in [0.29, 0.717) is 30.2 Å². The van der Waals surface area contributed by atoms with E-state index in [2.05, 4.69) is 5.32 Å². The molecule has 2 aliphatic rings. The van der Waals surface area contributed by atoms with E-state index in [-0.39, 0.29) is 18.4 Å². The van der Waals surface area contributed by atoms with Gasteiger partial charge in [0.1, 0.15) is 17.9 Å². The molecule has 7 nitrogen and oxygen atoms in total. The second kappa shape index (κ2) is 10.1. The first-order valence-electron chi connectivity index (χ1n) is 11.5. The second-order valence-corrected chi connectivity index (χ2v) is 8.55. The molecule has 0 bridgehead atoms. The van der Waals surface area contributed by atoms with E-state index in [1.54, 1.807) is 19.1 Å². The van der Waals surface area contributed by atoms with Gasteiger partial charge < -0.3 is 19.7 Å². The number of rotatable bonds is 8. The zero-order valence-electron chi connectivity index (χ0n) is 19.3. The highest BCUT2D eigenvalue weighted by atomic mass is 16.5. The highest BCUT2D eigenvalue weighted by molar-refractivity contribution is 6.47. The van der Waals surface area contributed by atoms with Crippen LogP contribution >= 0.6 is 0 Å². The van der Waals surface area contributed by atoms with Crippen LogP contribution in [0.4, 0.5) is 0 Å². The summed E-state index contributed by atoms with van der Waals surface area (Å²) in [5, 5.41) is 2.97. The van der Waals surface area contributed by atoms with Crippen LogP contribution in [0.2, 0.25) is 0 Å². The summed E-state index contributed by atoms with van der Waals surface area (Å²) in [4.78, 5) is 32.8. The first kappa shape index (κ1) is 22.8. The van der Waals surface area contributed by atoms with E-state index >= 15 is 0 Å². The summed E-state index contributed by atoms with van der Waals surface area (Å²) in [6.07, 6.45) is 5.41. The number of nitrogens with one attached hydrogen (secondary N) is 1. The van der Waals surface area contributed by atoms with Gasteiger partial charge in [0.05, 0.1) is 14.2 Å². The van der Waals surface area contributed by atoms with Crippen molar-refractivity contribution < 1.29 is 19.1 Å². The van der Waals surface area contributed by atoms with Gasteiger partial charge in [0.15, 0.2) is 11.5 Å². The number of hydrogen-bond donors (Lipinski definition) is 1. The quantitative estimate of drug-likeness (QED) is 0.670. The van der Waals surface area contributed by atoms with E-state index in [1.807, 2.05) is 48.5 Å². The third kappa shape index (κ3) is 4.87. The first-order chi connectivity index (χ1) is 16.1. The van der Waals surface area contributed by atoms with Crippen molar-refractivity contribution in [2.45, 2.75) is 44.2 Å². The van der Waals surface area contributed by atoms with E-state index in [4.69, 9.17) is 14.5 Å². The molecule has 1 fully saturated rings. The zero-order valence-corrected chi connectivity index (χ0v) is 19.3. The summed E-state index contributed by atoms with van der Waals surface area (Å²) < 4.78 is 10.6. The summed E-state index contributed by atoms with van der Waals surface area (Å²) in [5.41, 5.74) is 1.71. The molecule has 1 N–H and O–H groups in total. The minimum atomic E-state index is -0.596. The molecule has 2 amide bonds. The number of carbonyl (C=O) groups is 2. The summed E-state index contributed by atoms with van der Waals surface area (Å²) in [6, 6.07) is 15.3. The van der Waals surface area contributed by atoms with Crippen LogP contribution in [-0.2, 0) is 16.0 Å². The molecule has 1 aliphatic heterocycles. The van der Waals surface area contributed by atoms with E-state index in [9.17, 15) is 9.59 Å². The average Bonchev–Trinajstić information content (AvgIpc) is 3.10. The summed E-state index contributed by atoms with van der Waals surface area (Å²) >= 11 is 0. The van der Waals surface area contributed by atoms with Crippen LogP contribution in [0, 0.1) is 0 Å². The van der Waals surface area contributed by atoms with Crippen molar-refractivity contribution >= 4 is 17.5 Å². The Morgan fingerprint density at radius 2 is 1.76 bits per heavy atom. The number of aliphatic imine (C=N–C) groups is 1. The van der Waals surface area contributed by atoms with Crippen LogP contribution in [0.5, 0.6) is 11.5 Å². The maximum absolute atomic E-state index is 13.3. The van der Waals surface area contributed by atoms with Gasteiger partial charge in [0.25, 0.3) is 5.91 Å². The van der Waals surface area contributed by atoms with Crippen molar-refractivity contribution in [3.8, 4) is 11.5 Å². The standard InChI is InChI=1S/C26H31N3O4/c1-32-21-12-11-19(17-22(21)33-2)13-16-27-23(30)18-29-25(31)24(20-9-5-3-6-10-20)28-26(29)14-7-4-8-15-26/h3,5-6,9-12,17H,4,7-8,13-16,18H2,1-2H3,(H,27,30). The lowest BCUT2D eigenvalue weighted by Gasteiger charge is -2.38. The molecule has 2 aromatic rings. The summed E-state index contributed by atoms with van der Waals surface area (Å²) in [6.45, 7) is 0.486. The third-order valence-electron chi connectivity index (χ3n) is 6.46. The molecular formula is C26H31N3O4.